The number of benzene rings is 1. The SMILES string of the molecule is O=C1NC(c2ccccc2)=N[C@@]12CC[C@@H]1CN(Cc3ccsc3)C[C@@H]12. The molecule has 0 bridgehead atoms. The van der Waals surface area contributed by atoms with Crippen molar-refractivity contribution in [3.8, 4) is 0 Å². The van der Waals surface area contributed by atoms with Crippen LogP contribution in [0.1, 0.15) is 24.0 Å². The van der Waals surface area contributed by atoms with Crippen LogP contribution in [0.2, 0.25) is 0 Å². The molecule has 5 rings (SSSR count). The summed E-state index contributed by atoms with van der Waals surface area (Å²) in [6.07, 6.45) is 1.99. The van der Waals surface area contributed by atoms with Gasteiger partial charge in [0.2, 0.25) is 0 Å². The molecule has 1 aliphatic carbocycles. The molecule has 2 aliphatic heterocycles. The van der Waals surface area contributed by atoms with Gasteiger partial charge in [0, 0.05) is 31.1 Å². The van der Waals surface area contributed by atoms with Crippen molar-refractivity contribution in [2.24, 2.45) is 16.8 Å². The molecule has 1 saturated heterocycles. The third-order valence-electron chi connectivity index (χ3n) is 6.00. The standard InChI is InChI=1S/C20H21N3OS/c24-19-20(22-18(21-19)15-4-2-1-3-5-15)8-6-16-11-23(12-17(16)20)10-14-7-9-25-13-14/h1-5,7,9,13,16-17H,6,8,10-12H2,(H,21,22,24)/t16-,17+,20-/m1/s1. The van der Waals surface area contributed by atoms with Crippen molar-refractivity contribution in [2.75, 3.05) is 13.1 Å². The molecule has 5 heteroatoms. The lowest BCUT2D eigenvalue weighted by Crippen LogP contribution is -2.44. The Morgan fingerprint density at radius 2 is 2.12 bits per heavy atom. The molecule has 3 heterocycles. The van der Waals surface area contributed by atoms with Crippen LogP contribution in [0.3, 0.4) is 0 Å². The van der Waals surface area contributed by atoms with Crippen molar-refractivity contribution in [3.05, 3.63) is 58.3 Å². The first kappa shape index (κ1) is 15.3. The van der Waals surface area contributed by atoms with E-state index in [-0.39, 0.29) is 5.91 Å². The molecule has 4 nitrogen and oxygen atoms in total. The van der Waals surface area contributed by atoms with E-state index in [1.807, 2.05) is 30.3 Å². The van der Waals surface area contributed by atoms with Gasteiger partial charge < -0.3 is 5.32 Å². The first-order valence-electron chi connectivity index (χ1n) is 8.95. The molecule has 25 heavy (non-hydrogen) atoms. The molecular formula is C20H21N3OS. The number of rotatable bonds is 3. The maximum Gasteiger partial charge on any atom is 0.253 e. The molecule has 1 N–H and O–H groups in total. The predicted octanol–water partition coefficient (Wildman–Crippen LogP) is 2.91. The van der Waals surface area contributed by atoms with Gasteiger partial charge in [-0.25, -0.2) is 0 Å². The van der Waals surface area contributed by atoms with E-state index in [1.165, 1.54) is 5.56 Å². The fraction of sp³-hybridized carbons (Fsp3) is 0.400. The number of carbonyl (C=O) groups is 1. The van der Waals surface area contributed by atoms with Crippen LogP contribution in [0.25, 0.3) is 0 Å². The highest BCUT2D eigenvalue weighted by molar-refractivity contribution is 7.07. The van der Waals surface area contributed by atoms with Crippen LogP contribution in [0, 0.1) is 11.8 Å². The number of nitrogens with zero attached hydrogens (tertiary/aromatic N) is 2. The molecule has 1 amide bonds. The van der Waals surface area contributed by atoms with Crippen molar-refractivity contribution in [1.29, 1.82) is 0 Å². The Labute approximate surface area is 151 Å². The second-order valence-electron chi connectivity index (χ2n) is 7.44. The third-order valence-corrected chi connectivity index (χ3v) is 6.73. The quantitative estimate of drug-likeness (QED) is 0.924. The number of hydrogen-bond donors (Lipinski definition) is 1. The summed E-state index contributed by atoms with van der Waals surface area (Å²) in [6, 6.07) is 12.2. The molecule has 0 unspecified atom stereocenters. The fourth-order valence-electron chi connectivity index (χ4n) is 4.80. The number of fused-ring (bicyclic) bond motifs is 2. The summed E-state index contributed by atoms with van der Waals surface area (Å²) in [7, 11) is 0. The normalized spacial score (nSPS) is 31.4. The number of hydrogen-bond acceptors (Lipinski definition) is 4. The van der Waals surface area contributed by atoms with Crippen LogP contribution < -0.4 is 5.32 Å². The van der Waals surface area contributed by atoms with Gasteiger partial charge in [0.25, 0.3) is 5.91 Å². The summed E-state index contributed by atoms with van der Waals surface area (Å²) >= 11 is 1.75. The highest BCUT2D eigenvalue weighted by atomic mass is 32.1. The number of thiophene rings is 1. The van der Waals surface area contributed by atoms with E-state index >= 15 is 0 Å². The zero-order valence-electron chi connectivity index (χ0n) is 14.0. The number of carbonyl (C=O) groups excluding carboxylic acids is 1. The van der Waals surface area contributed by atoms with E-state index in [0.29, 0.717) is 11.8 Å². The van der Waals surface area contributed by atoms with Crippen molar-refractivity contribution in [2.45, 2.75) is 24.9 Å². The van der Waals surface area contributed by atoms with E-state index in [0.717, 1.165) is 43.9 Å². The summed E-state index contributed by atoms with van der Waals surface area (Å²) in [6.45, 7) is 3.05. The van der Waals surface area contributed by atoms with Crippen LogP contribution in [0.5, 0.6) is 0 Å². The number of amides is 1. The number of amidine groups is 1. The molecule has 128 valence electrons. The Morgan fingerprint density at radius 1 is 1.24 bits per heavy atom. The number of nitrogens with one attached hydrogen (secondary N) is 1. The molecule has 1 aromatic carbocycles. The Hall–Kier alpha value is -1.98. The molecule has 1 saturated carbocycles. The minimum atomic E-state index is -0.542. The molecule has 3 atom stereocenters. The van der Waals surface area contributed by atoms with Crippen molar-refractivity contribution in [1.82, 2.24) is 10.2 Å². The van der Waals surface area contributed by atoms with E-state index < -0.39 is 5.54 Å². The van der Waals surface area contributed by atoms with E-state index in [1.54, 1.807) is 11.3 Å². The molecule has 3 aliphatic rings. The zero-order chi connectivity index (χ0) is 16.9. The third kappa shape index (κ3) is 2.45. The maximum absolute atomic E-state index is 12.9. The highest BCUT2D eigenvalue weighted by Crippen LogP contribution is 2.49. The number of likely N-dealkylation sites (tertiary alicyclic amines) is 1. The van der Waals surface area contributed by atoms with Gasteiger partial charge in [0.05, 0.1) is 0 Å². The van der Waals surface area contributed by atoms with E-state index in [9.17, 15) is 4.79 Å². The van der Waals surface area contributed by atoms with Crippen molar-refractivity contribution < 1.29 is 4.79 Å². The minimum absolute atomic E-state index is 0.108. The van der Waals surface area contributed by atoms with Crippen LogP contribution >= 0.6 is 11.3 Å². The lowest BCUT2D eigenvalue weighted by Gasteiger charge is -2.25. The lowest BCUT2D eigenvalue weighted by molar-refractivity contribution is -0.125. The van der Waals surface area contributed by atoms with E-state index in [2.05, 4.69) is 27.0 Å². The first-order valence-corrected chi connectivity index (χ1v) is 9.89. The van der Waals surface area contributed by atoms with Crippen LogP contribution in [-0.4, -0.2) is 35.3 Å². The van der Waals surface area contributed by atoms with Crippen LogP contribution in [0.15, 0.2) is 52.2 Å². The summed E-state index contributed by atoms with van der Waals surface area (Å²) in [5.74, 6) is 1.79. The monoisotopic (exact) mass is 351 g/mol. The second kappa shape index (κ2) is 5.78. The molecule has 0 radical (unpaired) electrons. The fourth-order valence-corrected chi connectivity index (χ4v) is 5.46. The van der Waals surface area contributed by atoms with Gasteiger partial charge in [-0.15, -0.1) is 0 Å². The van der Waals surface area contributed by atoms with Gasteiger partial charge in [-0.05, 0) is 41.1 Å². The summed E-state index contributed by atoms with van der Waals surface area (Å²) in [5, 5.41) is 7.42. The Balaban J connectivity index is 1.40. The maximum atomic E-state index is 12.9. The topological polar surface area (TPSA) is 44.7 Å². The summed E-state index contributed by atoms with van der Waals surface area (Å²) in [5.41, 5.74) is 1.84. The largest absolute Gasteiger partial charge is 0.308 e. The molecule has 2 aromatic rings. The summed E-state index contributed by atoms with van der Waals surface area (Å²) < 4.78 is 0. The van der Waals surface area contributed by atoms with Gasteiger partial charge in [0.1, 0.15) is 11.4 Å². The first-order chi connectivity index (χ1) is 12.2. The van der Waals surface area contributed by atoms with Crippen molar-refractivity contribution >= 4 is 23.1 Å². The second-order valence-corrected chi connectivity index (χ2v) is 8.22. The van der Waals surface area contributed by atoms with E-state index in [4.69, 9.17) is 4.99 Å². The van der Waals surface area contributed by atoms with Gasteiger partial charge in [-0.2, -0.15) is 11.3 Å². The lowest BCUT2D eigenvalue weighted by atomic mass is 9.85. The summed E-state index contributed by atoms with van der Waals surface area (Å²) in [4.78, 5) is 20.4. The van der Waals surface area contributed by atoms with Crippen LogP contribution in [-0.2, 0) is 11.3 Å². The Kier molecular flexibility index (Phi) is 3.54. The van der Waals surface area contributed by atoms with Crippen LogP contribution in [0.4, 0.5) is 0 Å². The van der Waals surface area contributed by atoms with Gasteiger partial charge in [-0.1, -0.05) is 30.3 Å². The van der Waals surface area contributed by atoms with Gasteiger partial charge >= 0.3 is 0 Å². The smallest absolute Gasteiger partial charge is 0.253 e. The average molecular weight is 351 g/mol. The number of aliphatic imine (C=N–C) groups is 1. The minimum Gasteiger partial charge on any atom is -0.308 e. The predicted molar refractivity (Wildman–Crippen MR) is 99.7 cm³/mol. The van der Waals surface area contributed by atoms with Gasteiger partial charge in [-0.3, -0.25) is 14.7 Å². The van der Waals surface area contributed by atoms with Crippen molar-refractivity contribution in [3.63, 3.8) is 0 Å². The molecule has 1 aromatic heterocycles. The van der Waals surface area contributed by atoms with Gasteiger partial charge in [0.15, 0.2) is 0 Å². The Morgan fingerprint density at radius 3 is 2.92 bits per heavy atom. The Bertz CT molecular complexity index is 817. The average Bonchev–Trinajstić information content (AvgIpc) is 3.38. The molecule has 2 fully saturated rings. The zero-order valence-corrected chi connectivity index (χ0v) is 14.8. The molecule has 1 spiro atoms. The highest BCUT2D eigenvalue weighted by Gasteiger charge is 2.59. The molecular weight excluding hydrogens is 330 g/mol.